The Bertz CT molecular complexity index is 1600. The van der Waals surface area contributed by atoms with E-state index in [1.807, 2.05) is 13.0 Å². The van der Waals surface area contributed by atoms with Crippen LogP contribution in [0.25, 0.3) is 55.7 Å². The maximum Gasteiger partial charge on any atom is 0.159 e. The van der Waals surface area contributed by atoms with Gasteiger partial charge in [0.15, 0.2) is 5.82 Å². The summed E-state index contributed by atoms with van der Waals surface area (Å²) in [6.45, 7) is 2.04. The molecule has 0 unspecified atom stereocenters. The zero-order valence-electron chi connectivity index (χ0n) is 17.0. The first-order valence-electron chi connectivity index (χ1n) is 10.0. The van der Waals surface area contributed by atoms with E-state index in [0.717, 1.165) is 27.6 Å². The SMILES string of the molecule is Cc1cc2[nH]nc(-c3nc4c(-c5ccccc5F)cncc4[nH]3)c2cc1-c1cncnc1. The monoisotopic (exact) mass is 421 g/mol. The maximum absolute atomic E-state index is 14.4. The van der Waals surface area contributed by atoms with Crippen molar-refractivity contribution in [3.63, 3.8) is 0 Å². The molecule has 0 radical (unpaired) electrons. The van der Waals surface area contributed by atoms with Crippen LogP contribution in [0.3, 0.4) is 0 Å². The molecule has 154 valence electrons. The molecule has 4 heterocycles. The molecule has 0 fully saturated rings. The molecule has 0 aliphatic heterocycles. The summed E-state index contributed by atoms with van der Waals surface area (Å²) in [5.74, 6) is 0.262. The molecule has 4 aromatic heterocycles. The number of halogens is 1. The molecule has 0 aliphatic carbocycles. The number of H-pyrrole nitrogens is 2. The molecule has 2 N–H and O–H groups in total. The van der Waals surface area contributed by atoms with Crippen molar-refractivity contribution in [2.24, 2.45) is 0 Å². The molecule has 8 heteroatoms. The summed E-state index contributed by atoms with van der Waals surface area (Å²) < 4.78 is 14.4. The number of aromatic nitrogens is 7. The highest BCUT2D eigenvalue weighted by molar-refractivity contribution is 5.98. The van der Waals surface area contributed by atoms with E-state index < -0.39 is 0 Å². The van der Waals surface area contributed by atoms with Crippen molar-refractivity contribution in [3.05, 3.63) is 78.9 Å². The van der Waals surface area contributed by atoms with Gasteiger partial charge >= 0.3 is 0 Å². The van der Waals surface area contributed by atoms with Crippen molar-refractivity contribution in [1.29, 1.82) is 0 Å². The van der Waals surface area contributed by atoms with Crippen LogP contribution in [0.2, 0.25) is 0 Å². The summed E-state index contributed by atoms with van der Waals surface area (Å²) >= 11 is 0. The number of hydrogen-bond donors (Lipinski definition) is 2. The highest BCUT2D eigenvalue weighted by Crippen LogP contribution is 2.34. The quantitative estimate of drug-likeness (QED) is 0.416. The smallest absolute Gasteiger partial charge is 0.159 e. The second-order valence-electron chi connectivity index (χ2n) is 7.56. The van der Waals surface area contributed by atoms with E-state index >= 15 is 0 Å². The Morgan fingerprint density at radius 1 is 0.844 bits per heavy atom. The van der Waals surface area contributed by atoms with Crippen LogP contribution in [-0.2, 0) is 0 Å². The molecule has 6 aromatic rings. The van der Waals surface area contributed by atoms with Crippen LogP contribution < -0.4 is 0 Å². The average molecular weight is 421 g/mol. The van der Waals surface area contributed by atoms with Crippen LogP contribution in [0.5, 0.6) is 0 Å². The lowest BCUT2D eigenvalue weighted by Gasteiger charge is -2.05. The number of nitrogens with one attached hydrogen (secondary N) is 2. The lowest BCUT2D eigenvalue weighted by Crippen LogP contribution is -1.87. The summed E-state index contributed by atoms with van der Waals surface area (Å²) in [4.78, 5) is 20.6. The van der Waals surface area contributed by atoms with Gasteiger partial charge in [0.05, 0.1) is 17.2 Å². The third kappa shape index (κ3) is 2.84. The molecule has 0 saturated heterocycles. The van der Waals surface area contributed by atoms with Gasteiger partial charge in [0.25, 0.3) is 0 Å². The predicted molar refractivity (Wildman–Crippen MR) is 120 cm³/mol. The maximum atomic E-state index is 14.4. The van der Waals surface area contributed by atoms with Crippen LogP contribution in [0.4, 0.5) is 4.39 Å². The third-order valence-corrected chi connectivity index (χ3v) is 5.56. The summed E-state index contributed by atoms with van der Waals surface area (Å²) in [6.07, 6.45) is 8.39. The van der Waals surface area contributed by atoms with Gasteiger partial charge in [-0.25, -0.2) is 19.3 Å². The molecule has 0 bridgehead atoms. The van der Waals surface area contributed by atoms with Gasteiger partial charge < -0.3 is 4.98 Å². The van der Waals surface area contributed by atoms with Gasteiger partial charge in [-0.15, -0.1) is 0 Å². The van der Waals surface area contributed by atoms with Gasteiger partial charge in [-0.05, 0) is 36.2 Å². The Hall–Kier alpha value is -4.46. The van der Waals surface area contributed by atoms with Crippen molar-refractivity contribution >= 4 is 21.9 Å². The first-order chi connectivity index (χ1) is 15.7. The number of fused-ring (bicyclic) bond motifs is 2. The number of aromatic amines is 2. The van der Waals surface area contributed by atoms with Crippen molar-refractivity contribution < 1.29 is 4.39 Å². The fourth-order valence-corrected chi connectivity index (χ4v) is 4.02. The fourth-order valence-electron chi connectivity index (χ4n) is 4.02. The molecule has 0 amide bonds. The Morgan fingerprint density at radius 2 is 1.69 bits per heavy atom. The number of nitrogens with zero attached hydrogens (tertiary/aromatic N) is 5. The van der Waals surface area contributed by atoms with Gasteiger partial charge in [-0.2, -0.15) is 5.10 Å². The van der Waals surface area contributed by atoms with Gasteiger partial charge in [-0.1, -0.05) is 18.2 Å². The molecular weight excluding hydrogens is 405 g/mol. The molecule has 0 saturated carbocycles. The van der Waals surface area contributed by atoms with Gasteiger partial charge in [-0.3, -0.25) is 10.1 Å². The first kappa shape index (κ1) is 18.3. The largest absolute Gasteiger partial charge is 0.335 e. The van der Waals surface area contributed by atoms with Crippen LogP contribution in [0, 0.1) is 12.7 Å². The summed E-state index contributed by atoms with van der Waals surface area (Å²) in [5, 5.41) is 8.51. The second-order valence-corrected chi connectivity index (χ2v) is 7.56. The van der Waals surface area contributed by atoms with Crippen LogP contribution in [0.1, 0.15) is 5.56 Å². The lowest BCUT2D eigenvalue weighted by molar-refractivity contribution is 0.631. The number of benzene rings is 2. The number of imidazole rings is 1. The second kappa shape index (κ2) is 7.05. The van der Waals surface area contributed by atoms with E-state index in [2.05, 4.69) is 36.2 Å². The Labute approximate surface area is 181 Å². The Morgan fingerprint density at radius 3 is 2.53 bits per heavy atom. The number of aryl methyl sites for hydroxylation is 1. The topological polar surface area (TPSA) is 96.0 Å². The molecular formula is C24H16FN7. The van der Waals surface area contributed by atoms with Gasteiger partial charge in [0, 0.05) is 40.7 Å². The van der Waals surface area contributed by atoms with Crippen molar-refractivity contribution in [1.82, 2.24) is 35.1 Å². The van der Waals surface area contributed by atoms with E-state index in [-0.39, 0.29) is 5.82 Å². The molecule has 32 heavy (non-hydrogen) atoms. The highest BCUT2D eigenvalue weighted by atomic mass is 19.1. The van der Waals surface area contributed by atoms with E-state index in [4.69, 9.17) is 4.98 Å². The third-order valence-electron chi connectivity index (χ3n) is 5.56. The molecule has 0 aliphatic rings. The van der Waals surface area contributed by atoms with Crippen LogP contribution in [0.15, 0.2) is 67.5 Å². The van der Waals surface area contributed by atoms with E-state index in [1.54, 1.807) is 43.0 Å². The first-order valence-corrected chi connectivity index (χ1v) is 10.0. The normalized spacial score (nSPS) is 11.4. The van der Waals surface area contributed by atoms with Gasteiger partial charge in [0.2, 0.25) is 0 Å². The van der Waals surface area contributed by atoms with Gasteiger partial charge in [0.1, 0.15) is 23.4 Å². The number of hydrogen-bond acceptors (Lipinski definition) is 5. The van der Waals surface area contributed by atoms with E-state index in [0.29, 0.717) is 33.7 Å². The van der Waals surface area contributed by atoms with E-state index in [1.165, 1.54) is 12.4 Å². The van der Waals surface area contributed by atoms with Crippen molar-refractivity contribution in [3.8, 4) is 33.8 Å². The molecule has 0 atom stereocenters. The minimum atomic E-state index is -0.318. The Balaban J connectivity index is 1.55. The average Bonchev–Trinajstić information content (AvgIpc) is 3.43. The molecule has 7 nitrogen and oxygen atoms in total. The van der Waals surface area contributed by atoms with Crippen LogP contribution >= 0.6 is 0 Å². The minimum Gasteiger partial charge on any atom is -0.335 e. The molecule has 2 aromatic carbocycles. The zero-order valence-corrected chi connectivity index (χ0v) is 17.0. The molecule has 6 rings (SSSR count). The zero-order chi connectivity index (χ0) is 21.7. The minimum absolute atomic E-state index is 0.318. The number of pyridine rings is 1. The Kier molecular flexibility index (Phi) is 4.04. The number of rotatable bonds is 3. The predicted octanol–water partition coefficient (Wildman–Crippen LogP) is 5.07. The fraction of sp³-hybridized carbons (Fsp3) is 0.0417. The van der Waals surface area contributed by atoms with Crippen molar-refractivity contribution in [2.75, 3.05) is 0 Å². The summed E-state index contributed by atoms with van der Waals surface area (Å²) in [6, 6.07) is 10.7. The molecule has 0 spiro atoms. The van der Waals surface area contributed by atoms with Crippen molar-refractivity contribution in [2.45, 2.75) is 6.92 Å². The summed E-state index contributed by atoms with van der Waals surface area (Å²) in [5.41, 5.74) is 7.03. The van der Waals surface area contributed by atoms with Crippen LogP contribution in [-0.4, -0.2) is 35.1 Å². The standard InChI is InChI=1S/C24H16FN7/c1-13-6-20-17(7-16(13)14-8-27-12-28-9-14)23(32-31-20)24-29-21-11-26-10-18(22(21)30-24)15-4-2-3-5-19(15)25/h2-12H,1H3,(H,29,30)(H,31,32). The lowest BCUT2D eigenvalue weighted by atomic mass is 10.00. The van der Waals surface area contributed by atoms with E-state index in [9.17, 15) is 4.39 Å². The highest BCUT2D eigenvalue weighted by Gasteiger charge is 2.18. The summed E-state index contributed by atoms with van der Waals surface area (Å²) in [7, 11) is 0.